The summed E-state index contributed by atoms with van der Waals surface area (Å²) in [7, 11) is 0. The van der Waals surface area contributed by atoms with Gasteiger partial charge in [0.15, 0.2) is 5.82 Å². The van der Waals surface area contributed by atoms with Gasteiger partial charge in [0.1, 0.15) is 12.0 Å². The van der Waals surface area contributed by atoms with Gasteiger partial charge in [-0.2, -0.15) is 5.10 Å². The summed E-state index contributed by atoms with van der Waals surface area (Å²) in [4.78, 5) is 12.3. The van der Waals surface area contributed by atoms with Crippen LogP contribution in [0.3, 0.4) is 0 Å². The molecule has 1 aromatic carbocycles. The number of nitrogens with one attached hydrogen (secondary N) is 1. The molecule has 2 N–H and O–H groups in total. The molecule has 1 amide bonds. The van der Waals surface area contributed by atoms with Crippen molar-refractivity contribution in [1.29, 1.82) is 0 Å². The highest BCUT2D eigenvalue weighted by atomic mass is 16.3. The third kappa shape index (κ3) is 4.30. The van der Waals surface area contributed by atoms with Crippen LogP contribution in [0.2, 0.25) is 0 Å². The van der Waals surface area contributed by atoms with Gasteiger partial charge < -0.3 is 15.0 Å². The van der Waals surface area contributed by atoms with E-state index in [2.05, 4.69) is 32.7 Å². The lowest BCUT2D eigenvalue weighted by molar-refractivity contribution is 0.0937. The van der Waals surface area contributed by atoms with Crippen LogP contribution < -0.4 is 5.32 Å². The fourth-order valence-corrected chi connectivity index (χ4v) is 2.55. The Balaban J connectivity index is 1.58. The van der Waals surface area contributed by atoms with Crippen LogP contribution in [0.15, 0.2) is 48.9 Å². The summed E-state index contributed by atoms with van der Waals surface area (Å²) >= 11 is 0. The molecule has 2 aromatic heterocycles. The Kier molecular flexibility index (Phi) is 5.53. The fraction of sp³-hybridized carbons (Fsp3) is 0.294. The van der Waals surface area contributed by atoms with E-state index >= 15 is 0 Å². The number of aliphatic hydroxyl groups excluding tert-OH is 1. The molecule has 0 saturated carbocycles. The fourth-order valence-electron chi connectivity index (χ4n) is 2.55. The van der Waals surface area contributed by atoms with Crippen molar-refractivity contribution in [3.05, 3.63) is 66.0 Å². The third-order valence-corrected chi connectivity index (χ3v) is 3.85. The summed E-state index contributed by atoms with van der Waals surface area (Å²) in [6.07, 6.45) is 4.07. The molecular formula is C17H20N6O2. The standard InChI is InChI=1S/C17H20N6O2/c24-11-10-23-15(6-8-20-23)17(25)18-12-16-21-19-13-22(16)9-7-14-4-2-1-3-5-14/h1-6,8,13,24H,7,9-12H2,(H,18,25). The van der Waals surface area contributed by atoms with Gasteiger partial charge in [-0.1, -0.05) is 30.3 Å². The molecule has 25 heavy (non-hydrogen) atoms. The lowest BCUT2D eigenvalue weighted by Gasteiger charge is -2.09. The molecule has 3 rings (SSSR count). The second kappa shape index (κ2) is 8.20. The number of benzene rings is 1. The zero-order valence-corrected chi connectivity index (χ0v) is 13.7. The van der Waals surface area contributed by atoms with Gasteiger partial charge in [-0.25, -0.2) is 0 Å². The molecule has 0 aliphatic heterocycles. The minimum atomic E-state index is -0.261. The molecule has 8 nitrogen and oxygen atoms in total. The second-order valence-corrected chi connectivity index (χ2v) is 5.52. The molecule has 0 atom stereocenters. The second-order valence-electron chi connectivity index (χ2n) is 5.52. The molecule has 0 radical (unpaired) electrons. The van der Waals surface area contributed by atoms with E-state index in [1.54, 1.807) is 12.4 Å². The number of carbonyl (C=O) groups excluding carboxylic acids is 1. The van der Waals surface area contributed by atoms with Crippen LogP contribution in [-0.4, -0.2) is 42.2 Å². The SMILES string of the molecule is O=C(NCc1nncn1CCc1ccccc1)c1ccnn1CCO. The summed E-state index contributed by atoms with van der Waals surface area (Å²) in [6.45, 7) is 1.22. The van der Waals surface area contributed by atoms with E-state index in [1.165, 1.54) is 16.4 Å². The van der Waals surface area contributed by atoms with E-state index < -0.39 is 0 Å². The number of hydrogen-bond donors (Lipinski definition) is 2. The number of nitrogens with zero attached hydrogens (tertiary/aromatic N) is 5. The summed E-state index contributed by atoms with van der Waals surface area (Å²) in [5, 5.41) is 23.8. The largest absolute Gasteiger partial charge is 0.394 e. The Morgan fingerprint density at radius 2 is 2.00 bits per heavy atom. The first-order chi connectivity index (χ1) is 12.3. The number of aliphatic hydroxyl groups is 1. The van der Waals surface area contributed by atoms with Gasteiger partial charge in [0.05, 0.1) is 19.7 Å². The highest BCUT2D eigenvalue weighted by molar-refractivity contribution is 5.92. The topological polar surface area (TPSA) is 97.9 Å². The number of aryl methyl sites for hydroxylation is 2. The van der Waals surface area contributed by atoms with Gasteiger partial charge in [0.25, 0.3) is 5.91 Å². The summed E-state index contributed by atoms with van der Waals surface area (Å²) in [6, 6.07) is 11.8. The van der Waals surface area contributed by atoms with Crippen molar-refractivity contribution < 1.29 is 9.90 Å². The van der Waals surface area contributed by atoms with E-state index in [0.717, 1.165) is 13.0 Å². The van der Waals surface area contributed by atoms with Crippen molar-refractivity contribution >= 4 is 5.91 Å². The van der Waals surface area contributed by atoms with Crippen LogP contribution in [0, 0.1) is 0 Å². The average molecular weight is 340 g/mol. The average Bonchev–Trinajstić information content (AvgIpc) is 3.28. The highest BCUT2D eigenvalue weighted by Gasteiger charge is 2.13. The quantitative estimate of drug-likeness (QED) is 0.627. The first-order valence-electron chi connectivity index (χ1n) is 8.09. The Bertz CT molecular complexity index is 811. The Labute approximate surface area is 145 Å². The number of carbonyl (C=O) groups is 1. The van der Waals surface area contributed by atoms with Gasteiger partial charge in [0.2, 0.25) is 0 Å². The molecule has 0 aliphatic carbocycles. The smallest absolute Gasteiger partial charge is 0.269 e. The molecule has 3 aromatic rings. The Morgan fingerprint density at radius 1 is 1.16 bits per heavy atom. The first-order valence-corrected chi connectivity index (χ1v) is 8.09. The molecule has 8 heteroatoms. The van der Waals surface area contributed by atoms with Gasteiger partial charge in [0, 0.05) is 12.7 Å². The molecular weight excluding hydrogens is 320 g/mol. The van der Waals surface area contributed by atoms with Crippen LogP contribution >= 0.6 is 0 Å². The van der Waals surface area contributed by atoms with Crippen LogP contribution in [0.5, 0.6) is 0 Å². The Hall–Kier alpha value is -3.00. The zero-order chi connectivity index (χ0) is 17.5. The number of aromatic nitrogens is 5. The summed E-state index contributed by atoms with van der Waals surface area (Å²) in [5.41, 5.74) is 1.64. The predicted molar refractivity (Wildman–Crippen MR) is 90.7 cm³/mol. The van der Waals surface area contributed by atoms with Crippen molar-refractivity contribution in [1.82, 2.24) is 29.9 Å². The molecule has 0 saturated heterocycles. The van der Waals surface area contributed by atoms with Crippen LogP contribution in [0.25, 0.3) is 0 Å². The minimum absolute atomic E-state index is 0.0736. The normalized spacial score (nSPS) is 10.8. The van der Waals surface area contributed by atoms with Crippen molar-refractivity contribution in [2.24, 2.45) is 0 Å². The maximum Gasteiger partial charge on any atom is 0.269 e. The lowest BCUT2D eigenvalue weighted by atomic mass is 10.1. The molecule has 0 unspecified atom stereocenters. The van der Waals surface area contributed by atoms with Gasteiger partial charge in [-0.15, -0.1) is 10.2 Å². The maximum absolute atomic E-state index is 12.3. The zero-order valence-electron chi connectivity index (χ0n) is 13.7. The number of rotatable bonds is 8. The summed E-state index contributed by atoms with van der Waals surface area (Å²) in [5.74, 6) is 0.432. The molecule has 130 valence electrons. The summed E-state index contributed by atoms with van der Waals surface area (Å²) < 4.78 is 3.40. The van der Waals surface area contributed by atoms with Crippen LogP contribution in [-0.2, 0) is 26.1 Å². The van der Waals surface area contributed by atoms with Crippen molar-refractivity contribution in [3.63, 3.8) is 0 Å². The van der Waals surface area contributed by atoms with Crippen molar-refractivity contribution in [3.8, 4) is 0 Å². The first kappa shape index (κ1) is 16.8. The highest BCUT2D eigenvalue weighted by Crippen LogP contribution is 2.04. The Morgan fingerprint density at radius 3 is 2.80 bits per heavy atom. The van der Waals surface area contributed by atoms with E-state index in [0.29, 0.717) is 11.5 Å². The third-order valence-electron chi connectivity index (χ3n) is 3.85. The monoisotopic (exact) mass is 340 g/mol. The van der Waals surface area contributed by atoms with E-state index in [-0.39, 0.29) is 25.6 Å². The predicted octanol–water partition coefficient (Wildman–Crippen LogP) is 0.640. The maximum atomic E-state index is 12.3. The van der Waals surface area contributed by atoms with Gasteiger partial charge in [-0.05, 0) is 18.1 Å². The van der Waals surface area contributed by atoms with E-state index in [9.17, 15) is 4.79 Å². The molecule has 0 fully saturated rings. The molecule has 0 spiro atoms. The minimum Gasteiger partial charge on any atom is -0.394 e. The van der Waals surface area contributed by atoms with E-state index in [4.69, 9.17) is 5.11 Å². The van der Waals surface area contributed by atoms with Crippen LogP contribution in [0.1, 0.15) is 21.9 Å². The van der Waals surface area contributed by atoms with Crippen molar-refractivity contribution in [2.45, 2.75) is 26.1 Å². The molecule has 0 aliphatic rings. The van der Waals surface area contributed by atoms with Gasteiger partial charge >= 0.3 is 0 Å². The number of amides is 1. The van der Waals surface area contributed by atoms with Gasteiger partial charge in [-0.3, -0.25) is 9.48 Å². The van der Waals surface area contributed by atoms with E-state index in [1.807, 2.05) is 22.8 Å². The lowest BCUT2D eigenvalue weighted by Crippen LogP contribution is -2.27. The van der Waals surface area contributed by atoms with Crippen LogP contribution in [0.4, 0.5) is 0 Å². The van der Waals surface area contributed by atoms with Crippen molar-refractivity contribution in [2.75, 3.05) is 6.61 Å². The molecule has 0 bridgehead atoms. The molecule has 2 heterocycles. The number of hydrogen-bond acceptors (Lipinski definition) is 5.